The van der Waals surface area contributed by atoms with Crippen molar-refractivity contribution in [2.45, 2.75) is 113 Å². The molecule has 2 saturated heterocycles. The van der Waals surface area contributed by atoms with Crippen LogP contribution in [0, 0.1) is 41.4 Å². The Morgan fingerprint density at radius 3 is 1.40 bits per heavy atom. The molecule has 0 aromatic rings. The minimum Gasteiger partial charge on any atom is -0.471 e. The molecule has 6 rings (SSSR count). The molecule has 5 heterocycles. The van der Waals surface area contributed by atoms with Gasteiger partial charge < -0.3 is 97.7 Å². The number of ether oxygens (including phenoxy) is 12. The summed E-state index contributed by atoms with van der Waals surface area (Å²) >= 11 is 0. The highest BCUT2D eigenvalue weighted by molar-refractivity contribution is 5.91. The van der Waals surface area contributed by atoms with Gasteiger partial charge in [-0.25, -0.2) is 14.4 Å². The smallest absolute Gasteiger partial charge is 0.337 e. The fraction of sp³-hybridized carbons (Fsp3) is 0.667. The lowest BCUT2D eigenvalue weighted by atomic mass is 9.81. The molecule has 0 radical (unpaired) electrons. The zero-order valence-electron chi connectivity index (χ0n) is 38.5. The first kappa shape index (κ1) is 54.3. The van der Waals surface area contributed by atoms with E-state index in [9.17, 15) is 64.8 Å². The van der Waals surface area contributed by atoms with E-state index in [0.29, 0.717) is 0 Å². The third kappa shape index (κ3) is 11.0. The first-order chi connectivity index (χ1) is 33.4. The Bertz CT molecular complexity index is 2020. The van der Waals surface area contributed by atoms with Crippen LogP contribution in [0.25, 0.3) is 0 Å². The molecule has 5 aliphatic heterocycles. The minimum atomic E-state index is -1.82. The molecule has 6 aliphatic rings. The first-order valence-corrected chi connectivity index (χ1v) is 22.3. The summed E-state index contributed by atoms with van der Waals surface area (Å²) in [6.07, 6.45) is -17.2. The Morgan fingerprint density at radius 1 is 0.586 bits per heavy atom. The van der Waals surface area contributed by atoms with Gasteiger partial charge in [0.15, 0.2) is 12.6 Å². The van der Waals surface area contributed by atoms with E-state index in [2.05, 4.69) is 13.2 Å². The van der Waals surface area contributed by atoms with E-state index < -0.39 is 184 Å². The predicted molar refractivity (Wildman–Crippen MR) is 225 cm³/mol. The number of hydrogen-bond acceptors (Lipinski definition) is 25. The lowest BCUT2D eigenvalue weighted by Crippen LogP contribution is -2.60. The van der Waals surface area contributed by atoms with E-state index >= 15 is 0 Å². The van der Waals surface area contributed by atoms with E-state index in [1.165, 1.54) is 12.2 Å². The van der Waals surface area contributed by atoms with Crippen LogP contribution in [0.3, 0.4) is 0 Å². The van der Waals surface area contributed by atoms with Crippen LogP contribution in [0.1, 0.15) is 26.2 Å². The van der Waals surface area contributed by atoms with Gasteiger partial charge in [-0.3, -0.25) is 9.59 Å². The summed E-state index contributed by atoms with van der Waals surface area (Å²) in [4.78, 5) is 67.0. The van der Waals surface area contributed by atoms with Gasteiger partial charge in [0, 0.05) is 41.4 Å². The molecule has 6 unspecified atom stereocenters. The van der Waals surface area contributed by atoms with Gasteiger partial charge in [-0.2, -0.15) is 0 Å². The second kappa shape index (κ2) is 23.5. The van der Waals surface area contributed by atoms with Crippen LogP contribution in [-0.2, 0) is 80.8 Å². The Hall–Kier alpha value is -5.03. The van der Waals surface area contributed by atoms with Crippen LogP contribution in [0.4, 0.5) is 0 Å². The van der Waals surface area contributed by atoms with Crippen LogP contribution in [-0.4, -0.2) is 192 Å². The van der Waals surface area contributed by atoms with E-state index in [0.717, 1.165) is 40.1 Å². The van der Waals surface area contributed by atoms with E-state index in [1.807, 2.05) is 0 Å². The highest BCUT2D eigenvalue weighted by Gasteiger charge is 2.55. The summed E-state index contributed by atoms with van der Waals surface area (Å²) in [5.41, 5.74) is -0.219. The number of esters is 5. The first-order valence-electron chi connectivity index (χ1n) is 22.3. The molecule has 1 aliphatic carbocycles. The molecule has 70 heavy (non-hydrogen) atoms. The highest BCUT2D eigenvalue weighted by atomic mass is 16.8. The second-order valence-corrected chi connectivity index (χ2v) is 17.4. The second-order valence-electron chi connectivity index (χ2n) is 17.4. The summed E-state index contributed by atoms with van der Waals surface area (Å²) in [5.74, 6) is -11.0. The summed E-state index contributed by atoms with van der Waals surface area (Å²) in [6.45, 7) is 7.78. The van der Waals surface area contributed by atoms with Crippen molar-refractivity contribution >= 4 is 29.8 Å². The van der Waals surface area contributed by atoms with Gasteiger partial charge in [0.05, 0.1) is 82.9 Å². The fourth-order valence-electron chi connectivity index (χ4n) is 9.64. The lowest BCUT2D eigenvalue weighted by Gasteiger charge is -2.43. The average molecular weight is 1000 g/mol. The molecule has 0 amide bonds. The molecule has 25 heteroatoms. The predicted octanol–water partition coefficient (Wildman–Crippen LogP) is -2.80. The van der Waals surface area contributed by atoms with Crippen LogP contribution in [0.15, 0.2) is 60.8 Å². The number of aliphatic hydroxyl groups is 8. The molecule has 1 saturated carbocycles. The van der Waals surface area contributed by atoms with Gasteiger partial charge in [0.1, 0.15) is 54.9 Å². The van der Waals surface area contributed by atoms with Crippen molar-refractivity contribution in [3.8, 4) is 0 Å². The lowest BCUT2D eigenvalue weighted by molar-refractivity contribution is -0.339. The number of carbonyl (C=O) groups excluding carboxylic acids is 5. The summed E-state index contributed by atoms with van der Waals surface area (Å²) in [7, 11) is 3.35. The molecule has 21 atom stereocenters. The maximum absolute atomic E-state index is 14.0. The fourth-order valence-corrected chi connectivity index (χ4v) is 9.64. The molecule has 0 bridgehead atoms. The largest absolute Gasteiger partial charge is 0.471 e. The molecule has 8 N–H and O–H groups in total. The van der Waals surface area contributed by atoms with Gasteiger partial charge >= 0.3 is 29.8 Å². The number of carbonyl (C=O) groups is 5. The van der Waals surface area contributed by atoms with Gasteiger partial charge in [0.2, 0.25) is 18.9 Å². The van der Waals surface area contributed by atoms with E-state index in [1.54, 1.807) is 6.92 Å². The molecule has 390 valence electrons. The van der Waals surface area contributed by atoms with E-state index in [4.69, 9.17) is 56.8 Å². The molecule has 0 aromatic carbocycles. The van der Waals surface area contributed by atoms with E-state index in [-0.39, 0.29) is 23.1 Å². The summed E-state index contributed by atoms with van der Waals surface area (Å²) in [6, 6.07) is 0. The van der Waals surface area contributed by atoms with Gasteiger partial charge in [0.25, 0.3) is 0 Å². The number of fused-ring (bicyclic) bond motifs is 1. The van der Waals surface area contributed by atoms with Crippen molar-refractivity contribution in [2.75, 3.05) is 34.5 Å². The number of hydrogen-bond donors (Lipinski definition) is 8. The van der Waals surface area contributed by atoms with Crippen LogP contribution in [0.2, 0.25) is 0 Å². The SMILES string of the molecule is C=CC1C(CC(=O)O[C@@H]2OC=C(C(=O)OC)C3C[C@H](OC(=O)CC4C(C(=O)OC)=CO[C@@H](O[C@@H]5O[C@H](CO)[C@@H](O)[C@H](O)[C@H]5O)C4C=C)[C@H](C)C32)C(C(=O)OC)=CO[C@H]1O[C@@H]1O[C@H](CO)[C@@H](O)[C@H](O)[C@H]1O. The van der Waals surface area contributed by atoms with Crippen LogP contribution < -0.4 is 0 Å². The molecular weight excluding hydrogens is 940 g/mol. The number of aliphatic hydroxyl groups excluding tert-OH is 8. The van der Waals surface area contributed by atoms with Crippen molar-refractivity contribution in [1.82, 2.24) is 0 Å². The standard InChI is InChI=1S/C45H60O25/c1-7-18-20(23(38(56)59-4)14-62-41(18)69-44-36(54)34(52)32(50)27(12-46)66-44)10-29(48)65-26-9-22-25(40(58)61-6)16-64-43(31(22)17(26)3)68-30(49)11-21-19(8-2)42(63-15-24(21)39(57)60-5)70-45-37(55)35(53)33(51)28(13-47)67-45/h7-8,14-22,26-28,31-37,41-47,50-55H,1-2,9-13H2,3-6H3/t17-,18?,19?,20?,21?,22?,26-,27+,28+,31?,32+,33+,34-,35-,36+,37+,41-,42-,43-,44-,45-/m0/s1. The quantitative estimate of drug-likeness (QED) is 0.0415. The molecule has 3 fully saturated rings. The van der Waals surface area contributed by atoms with Crippen molar-refractivity contribution < 1.29 is 122 Å². The maximum Gasteiger partial charge on any atom is 0.337 e. The van der Waals surface area contributed by atoms with Crippen LogP contribution in [0.5, 0.6) is 0 Å². The highest BCUT2D eigenvalue weighted by Crippen LogP contribution is 2.49. The molecule has 25 nitrogen and oxygen atoms in total. The Labute approximate surface area is 400 Å². The molecular formula is C45H60O25. The topological polar surface area (TPSA) is 358 Å². The van der Waals surface area contributed by atoms with Gasteiger partial charge in [-0.15, -0.1) is 13.2 Å². The van der Waals surface area contributed by atoms with Crippen molar-refractivity contribution in [2.24, 2.45) is 41.4 Å². The Balaban J connectivity index is 1.18. The third-order valence-electron chi connectivity index (χ3n) is 13.5. The zero-order valence-corrected chi connectivity index (χ0v) is 38.5. The normalized spacial score (nSPS) is 40.2. The Morgan fingerprint density at radius 2 is 0.986 bits per heavy atom. The minimum absolute atomic E-state index is 0.00181. The maximum atomic E-state index is 14.0. The molecule has 0 spiro atoms. The van der Waals surface area contributed by atoms with Crippen molar-refractivity contribution in [1.29, 1.82) is 0 Å². The monoisotopic (exact) mass is 1000 g/mol. The third-order valence-corrected chi connectivity index (χ3v) is 13.5. The summed E-state index contributed by atoms with van der Waals surface area (Å²) < 4.78 is 66.5. The van der Waals surface area contributed by atoms with Gasteiger partial charge in [-0.05, 0) is 6.42 Å². The number of rotatable bonds is 17. The number of methoxy groups -OCH3 is 3. The zero-order chi connectivity index (χ0) is 51.3. The van der Waals surface area contributed by atoms with Crippen LogP contribution >= 0.6 is 0 Å². The Kier molecular flexibility index (Phi) is 18.2. The van der Waals surface area contributed by atoms with Gasteiger partial charge in [-0.1, -0.05) is 19.1 Å². The van der Waals surface area contributed by atoms with Crippen molar-refractivity contribution in [3.05, 3.63) is 60.8 Å². The average Bonchev–Trinajstić information content (AvgIpc) is 3.68. The summed E-state index contributed by atoms with van der Waals surface area (Å²) in [5, 5.41) is 81.6. The molecule has 0 aromatic heterocycles. The van der Waals surface area contributed by atoms with Crippen molar-refractivity contribution in [3.63, 3.8) is 0 Å².